The van der Waals surface area contributed by atoms with Gasteiger partial charge in [0.2, 0.25) is 0 Å². The molecular formula is C54H111NO3. The number of hydrogen-bond acceptors (Lipinski definition) is 4. The molecule has 1 atom stereocenters. The SMILES string of the molecule is C=C(CCCCCCCN(CCO)C(C)CCCCCCC(CCCCCCCC)CCCCCCCC)OCCCCCCCCC.CCCC.CCCC=CO. The maximum atomic E-state index is 9.71. The van der Waals surface area contributed by atoms with Gasteiger partial charge in [-0.3, -0.25) is 4.90 Å². The molecule has 0 aliphatic rings. The van der Waals surface area contributed by atoms with Gasteiger partial charge in [-0.05, 0) is 51.5 Å². The van der Waals surface area contributed by atoms with Crippen LogP contribution in [0.3, 0.4) is 0 Å². The average Bonchev–Trinajstić information content (AvgIpc) is 3.23. The van der Waals surface area contributed by atoms with Gasteiger partial charge in [0.05, 0.1) is 25.2 Å². The lowest BCUT2D eigenvalue weighted by Gasteiger charge is -2.28. The van der Waals surface area contributed by atoms with Crippen LogP contribution in [0.5, 0.6) is 0 Å². The molecule has 0 aromatic rings. The Morgan fingerprint density at radius 3 is 1.33 bits per heavy atom. The summed E-state index contributed by atoms with van der Waals surface area (Å²) in [7, 11) is 0. The van der Waals surface area contributed by atoms with Crippen molar-refractivity contribution >= 4 is 0 Å². The predicted octanol–water partition coefficient (Wildman–Crippen LogP) is 18.4. The molecule has 4 nitrogen and oxygen atoms in total. The van der Waals surface area contributed by atoms with Crippen LogP contribution in [0.2, 0.25) is 0 Å². The lowest BCUT2D eigenvalue weighted by Crippen LogP contribution is -2.36. The van der Waals surface area contributed by atoms with E-state index in [-0.39, 0.29) is 6.61 Å². The zero-order valence-electron chi connectivity index (χ0n) is 41.3. The fourth-order valence-electron chi connectivity index (χ4n) is 7.71. The van der Waals surface area contributed by atoms with Gasteiger partial charge >= 0.3 is 0 Å². The lowest BCUT2D eigenvalue weighted by molar-refractivity contribution is 0.148. The summed E-state index contributed by atoms with van der Waals surface area (Å²) in [6, 6.07) is 0.585. The second-order valence-electron chi connectivity index (χ2n) is 17.8. The van der Waals surface area contributed by atoms with Crippen molar-refractivity contribution in [2.24, 2.45) is 5.92 Å². The summed E-state index contributed by atoms with van der Waals surface area (Å²) in [5.41, 5.74) is 0. The van der Waals surface area contributed by atoms with E-state index in [1.165, 1.54) is 218 Å². The van der Waals surface area contributed by atoms with Gasteiger partial charge in [-0.25, -0.2) is 0 Å². The quantitative estimate of drug-likeness (QED) is 0.0475. The van der Waals surface area contributed by atoms with Crippen LogP contribution in [-0.4, -0.2) is 47.5 Å². The molecule has 0 aliphatic carbocycles. The van der Waals surface area contributed by atoms with E-state index in [4.69, 9.17) is 9.84 Å². The predicted molar refractivity (Wildman–Crippen MR) is 263 cm³/mol. The van der Waals surface area contributed by atoms with Crippen molar-refractivity contribution in [2.45, 2.75) is 292 Å². The summed E-state index contributed by atoms with van der Waals surface area (Å²) in [6.45, 7) is 23.0. The van der Waals surface area contributed by atoms with Crippen LogP contribution in [-0.2, 0) is 4.74 Å². The Balaban J connectivity index is -0.00000267. The van der Waals surface area contributed by atoms with Gasteiger partial charge in [-0.1, -0.05) is 253 Å². The molecule has 0 bridgehead atoms. The summed E-state index contributed by atoms with van der Waals surface area (Å²) in [4.78, 5) is 2.55. The monoisotopic (exact) mass is 822 g/mol. The van der Waals surface area contributed by atoms with E-state index < -0.39 is 0 Å². The van der Waals surface area contributed by atoms with Crippen LogP contribution >= 0.6 is 0 Å². The number of aliphatic hydroxyl groups is 2. The number of hydrogen-bond donors (Lipinski definition) is 2. The number of nitrogens with zero attached hydrogens (tertiary/aromatic N) is 1. The van der Waals surface area contributed by atoms with Crippen molar-refractivity contribution < 1.29 is 14.9 Å². The normalized spacial score (nSPS) is 11.8. The minimum absolute atomic E-state index is 0.282. The molecule has 0 rings (SSSR count). The van der Waals surface area contributed by atoms with Gasteiger partial charge in [0, 0.05) is 19.0 Å². The fourth-order valence-corrected chi connectivity index (χ4v) is 7.71. The minimum Gasteiger partial charge on any atom is -0.516 e. The molecule has 0 saturated carbocycles. The van der Waals surface area contributed by atoms with Gasteiger partial charge in [0.25, 0.3) is 0 Å². The van der Waals surface area contributed by atoms with Gasteiger partial charge in [-0.15, -0.1) is 0 Å². The molecule has 0 aliphatic heterocycles. The number of unbranched alkanes of at least 4 members (excludes halogenated alkanes) is 25. The van der Waals surface area contributed by atoms with E-state index in [1.807, 2.05) is 0 Å². The van der Waals surface area contributed by atoms with E-state index in [2.05, 4.69) is 59.9 Å². The fraction of sp³-hybridized carbons (Fsp3) is 0.926. The van der Waals surface area contributed by atoms with E-state index >= 15 is 0 Å². The van der Waals surface area contributed by atoms with Crippen LogP contribution in [0.25, 0.3) is 0 Å². The second-order valence-corrected chi connectivity index (χ2v) is 17.8. The maximum absolute atomic E-state index is 9.71. The molecule has 0 radical (unpaired) electrons. The van der Waals surface area contributed by atoms with Crippen molar-refractivity contribution in [3.05, 3.63) is 24.7 Å². The van der Waals surface area contributed by atoms with Gasteiger partial charge < -0.3 is 14.9 Å². The molecule has 0 saturated heterocycles. The molecule has 0 heterocycles. The first-order valence-corrected chi connectivity index (χ1v) is 26.4. The summed E-state index contributed by atoms with van der Waals surface area (Å²) in [5.74, 6) is 1.97. The van der Waals surface area contributed by atoms with Crippen LogP contribution in [0.4, 0.5) is 0 Å². The zero-order chi connectivity index (χ0) is 43.4. The van der Waals surface area contributed by atoms with Crippen molar-refractivity contribution in [1.82, 2.24) is 4.90 Å². The van der Waals surface area contributed by atoms with Gasteiger partial charge in [0.1, 0.15) is 0 Å². The smallest absolute Gasteiger partial charge is 0.0888 e. The van der Waals surface area contributed by atoms with E-state index in [0.717, 1.165) is 56.9 Å². The summed E-state index contributed by atoms with van der Waals surface area (Å²) < 4.78 is 5.88. The highest BCUT2D eigenvalue weighted by atomic mass is 16.5. The third-order valence-corrected chi connectivity index (χ3v) is 11.9. The first-order valence-electron chi connectivity index (χ1n) is 26.4. The average molecular weight is 822 g/mol. The molecule has 0 aromatic heterocycles. The summed E-state index contributed by atoms with van der Waals surface area (Å²) in [5, 5.41) is 17.7. The number of aliphatic hydroxyl groups excluding tert-OH is 2. The Labute approximate surface area is 367 Å². The number of ether oxygens (including phenoxy) is 1. The molecule has 350 valence electrons. The van der Waals surface area contributed by atoms with Crippen LogP contribution in [0, 0.1) is 5.92 Å². The molecule has 0 amide bonds. The Morgan fingerprint density at radius 2 is 0.914 bits per heavy atom. The Morgan fingerprint density at radius 1 is 0.500 bits per heavy atom. The van der Waals surface area contributed by atoms with E-state index in [0.29, 0.717) is 6.04 Å². The first-order chi connectivity index (χ1) is 28.4. The van der Waals surface area contributed by atoms with Crippen LogP contribution in [0.15, 0.2) is 24.7 Å². The molecule has 0 spiro atoms. The molecular weight excluding hydrogens is 711 g/mol. The van der Waals surface area contributed by atoms with Gasteiger partial charge in [-0.2, -0.15) is 0 Å². The highest BCUT2D eigenvalue weighted by molar-refractivity contribution is 4.81. The largest absolute Gasteiger partial charge is 0.516 e. The molecule has 2 N–H and O–H groups in total. The van der Waals surface area contributed by atoms with E-state index in [9.17, 15) is 5.11 Å². The molecule has 0 fully saturated rings. The molecule has 0 aromatic carbocycles. The highest BCUT2D eigenvalue weighted by Crippen LogP contribution is 2.25. The topological polar surface area (TPSA) is 52.9 Å². The molecule has 1 unspecified atom stereocenters. The zero-order valence-corrected chi connectivity index (χ0v) is 41.3. The third-order valence-electron chi connectivity index (χ3n) is 11.9. The first kappa shape index (κ1) is 61.3. The van der Waals surface area contributed by atoms with Crippen molar-refractivity contribution in [1.29, 1.82) is 0 Å². The Bertz CT molecular complexity index is 737. The lowest BCUT2D eigenvalue weighted by atomic mass is 9.89. The highest BCUT2D eigenvalue weighted by Gasteiger charge is 2.13. The summed E-state index contributed by atoms with van der Waals surface area (Å²) >= 11 is 0. The van der Waals surface area contributed by atoms with Gasteiger partial charge in [0.15, 0.2) is 0 Å². The third kappa shape index (κ3) is 53.0. The van der Waals surface area contributed by atoms with Crippen molar-refractivity contribution in [3.8, 4) is 0 Å². The number of allylic oxidation sites excluding steroid dienone is 2. The molecule has 4 heteroatoms. The summed E-state index contributed by atoms with van der Waals surface area (Å²) in [6.07, 6.45) is 52.6. The Kier molecular flexibility index (Phi) is 59.2. The Hall–Kier alpha value is -1.00. The number of rotatable bonds is 44. The van der Waals surface area contributed by atoms with Crippen molar-refractivity contribution in [2.75, 3.05) is 26.3 Å². The standard InChI is InChI=1S/C45H91NO2.C5H10O.C4H10/c1-6-9-12-15-18-26-33-42-48-44(5)35-28-20-19-25-32-39-46(40-41-47)43(4)34-27-23-24-31-38-45(36-29-21-16-13-10-7-2)37-30-22-17-14-11-8-3;1-2-3-4-5-6;1-3-4-2/h43,45,47H,5-42H2,1-4H3;4-6H,2-3H2,1H3;3-4H2,1-2H3. The minimum atomic E-state index is 0.282. The van der Waals surface area contributed by atoms with Crippen LogP contribution < -0.4 is 0 Å². The van der Waals surface area contributed by atoms with Crippen LogP contribution in [0.1, 0.15) is 286 Å². The second kappa shape index (κ2) is 56.0. The molecule has 58 heavy (non-hydrogen) atoms. The maximum Gasteiger partial charge on any atom is 0.0888 e. The van der Waals surface area contributed by atoms with Crippen molar-refractivity contribution in [3.63, 3.8) is 0 Å². The van der Waals surface area contributed by atoms with E-state index in [1.54, 1.807) is 6.08 Å².